The largest absolute Gasteiger partial charge is 0.379 e. The van der Waals surface area contributed by atoms with Crippen LogP contribution < -0.4 is 4.90 Å². The van der Waals surface area contributed by atoms with E-state index in [9.17, 15) is 0 Å². The Morgan fingerprint density at radius 3 is 2.25 bits per heavy atom. The summed E-state index contributed by atoms with van der Waals surface area (Å²) < 4.78 is 5.47. The highest BCUT2D eigenvalue weighted by atomic mass is 16.5. The van der Waals surface area contributed by atoms with Gasteiger partial charge in [-0.2, -0.15) is 0 Å². The van der Waals surface area contributed by atoms with E-state index in [1.54, 1.807) is 0 Å². The first-order valence-electron chi connectivity index (χ1n) is 9.21. The molecule has 0 amide bonds. The molecule has 1 aromatic rings. The fraction of sp³-hybridized carbons (Fsp3) is 0.737. The van der Waals surface area contributed by atoms with Gasteiger partial charge in [0.2, 0.25) is 0 Å². The smallest absolute Gasteiger partial charge is 0.0594 e. The van der Waals surface area contributed by atoms with Crippen LogP contribution in [0.5, 0.6) is 0 Å². The molecule has 24 heavy (non-hydrogen) atoms. The number of rotatable bonds is 5. The van der Waals surface area contributed by atoms with Gasteiger partial charge < -0.3 is 9.64 Å². The van der Waals surface area contributed by atoms with Gasteiger partial charge >= 0.3 is 0 Å². The second-order valence-corrected chi connectivity index (χ2v) is 7.98. The van der Waals surface area contributed by atoms with Crippen LogP contribution in [0.1, 0.15) is 19.4 Å². The van der Waals surface area contributed by atoms with Gasteiger partial charge in [0.1, 0.15) is 0 Å². The van der Waals surface area contributed by atoms with Crippen molar-refractivity contribution >= 4 is 5.69 Å². The van der Waals surface area contributed by atoms with Crippen LogP contribution in [0.3, 0.4) is 0 Å². The van der Waals surface area contributed by atoms with Gasteiger partial charge in [0.05, 0.1) is 13.2 Å². The van der Waals surface area contributed by atoms with Gasteiger partial charge in [-0.3, -0.25) is 14.8 Å². The number of morpholine rings is 1. The van der Waals surface area contributed by atoms with Gasteiger partial charge in [-0.05, 0) is 24.0 Å². The average molecular weight is 332 g/mol. The fourth-order valence-electron chi connectivity index (χ4n) is 3.99. The number of piperazine rings is 1. The van der Waals surface area contributed by atoms with E-state index in [2.05, 4.69) is 46.5 Å². The molecule has 1 aromatic heterocycles. The summed E-state index contributed by atoms with van der Waals surface area (Å²) in [6.45, 7) is 17.8. The van der Waals surface area contributed by atoms with E-state index in [1.807, 2.05) is 12.4 Å². The summed E-state index contributed by atoms with van der Waals surface area (Å²) >= 11 is 0. The summed E-state index contributed by atoms with van der Waals surface area (Å²) in [5, 5.41) is 0. The lowest BCUT2D eigenvalue weighted by molar-refractivity contribution is 0.0147. The summed E-state index contributed by atoms with van der Waals surface area (Å²) in [4.78, 5) is 11.9. The van der Waals surface area contributed by atoms with E-state index in [0.29, 0.717) is 5.41 Å². The predicted octanol–water partition coefficient (Wildman–Crippen LogP) is 1.87. The molecule has 3 rings (SSSR count). The Balaban J connectivity index is 1.48. The van der Waals surface area contributed by atoms with Gasteiger partial charge in [-0.15, -0.1) is 0 Å². The molecule has 0 saturated carbocycles. The molecule has 2 aliphatic rings. The minimum absolute atomic E-state index is 0.325. The van der Waals surface area contributed by atoms with Crippen LogP contribution in [-0.4, -0.2) is 80.4 Å². The number of hydrogen-bond acceptors (Lipinski definition) is 5. The lowest BCUT2D eigenvalue weighted by atomic mass is 9.91. The molecular formula is C19H32N4O. The van der Waals surface area contributed by atoms with Crippen LogP contribution >= 0.6 is 0 Å². The molecule has 2 fully saturated rings. The van der Waals surface area contributed by atoms with Crippen molar-refractivity contribution in [1.29, 1.82) is 0 Å². The molecule has 0 aliphatic carbocycles. The summed E-state index contributed by atoms with van der Waals surface area (Å²) in [5.74, 6) is 0. The molecule has 0 atom stereocenters. The van der Waals surface area contributed by atoms with Crippen molar-refractivity contribution in [1.82, 2.24) is 14.8 Å². The summed E-state index contributed by atoms with van der Waals surface area (Å²) in [7, 11) is 0. The van der Waals surface area contributed by atoms with E-state index in [4.69, 9.17) is 4.74 Å². The molecule has 0 aromatic carbocycles. The molecule has 0 bridgehead atoms. The Hall–Kier alpha value is -1.17. The Kier molecular flexibility index (Phi) is 5.74. The van der Waals surface area contributed by atoms with Crippen molar-refractivity contribution < 1.29 is 4.74 Å². The number of ether oxygens (including phenoxy) is 1. The van der Waals surface area contributed by atoms with Crippen molar-refractivity contribution in [2.75, 3.05) is 70.5 Å². The maximum absolute atomic E-state index is 5.47. The van der Waals surface area contributed by atoms with Gasteiger partial charge in [-0.25, -0.2) is 0 Å². The first-order valence-corrected chi connectivity index (χ1v) is 9.21. The zero-order valence-electron chi connectivity index (χ0n) is 15.5. The average Bonchev–Trinajstić information content (AvgIpc) is 2.56. The highest BCUT2D eigenvalue weighted by Gasteiger charge is 2.28. The Labute approximate surface area is 146 Å². The third-order valence-corrected chi connectivity index (χ3v) is 5.11. The highest BCUT2D eigenvalue weighted by Crippen LogP contribution is 2.23. The van der Waals surface area contributed by atoms with E-state index in [1.165, 1.54) is 24.3 Å². The number of hydrogen-bond donors (Lipinski definition) is 0. The molecule has 134 valence electrons. The third kappa shape index (κ3) is 4.68. The fourth-order valence-corrected chi connectivity index (χ4v) is 3.99. The minimum Gasteiger partial charge on any atom is -0.379 e. The number of aryl methyl sites for hydroxylation is 1. The Bertz CT molecular complexity index is 520. The van der Waals surface area contributed by atoms with Crippen LogP contribution in [0.25, 0.3) is 0 Å². The summed E-state index contributed by atoms with van der Waals surface area (Å²) in [5.41, 5.74) is 2.95. The van der Waals surface area contributed by atoms with Crippen molar-refractivity contribution in [3.05, 3.63) is 24.0 Å². The first-order chi connectivity index (χ1) is 11.5. The van der Waals surface area contributed by atoms with Crippen LogP contribution in [0, 0.1) is 12.3 Å². The molecular weight excluding hydrogens is 300 g/mol. The summed E-state index contributed by atoms with van der Waals surface area (Å²) in [6, 6.07) is 2.15. The molecule has 0 spiro atoms. The van der Waals surface area contributed by atoms with E-state index in [0.717, 1.165) is 52.5 Å². The lowest BCUT2D eigenvalue weighted by Crippen LogP contribution is -2.51. The van der Waals surface area contributed by atoms with Gasteiger partial charge in [0, 0.05) is 70.4 Å². The molecule has 2 saturated heterocycles. The first kappa shape index (κ1) is 17.6. The molecule has 2 aliphatic heterocycles. The second-order valence-electron chi connectivity index (χ2n) is 7.98. The minimum atomic E-state index is 0.325. The number of nitrogens with zero attached hydrogens (tertiary/aromatic N) is 4. The highest BCUT2D eigenvalue weighted by molar-refractivity contribution is 5.51. The maximum Gasteiger partial charge on any atom is 0.0594 e. The van der Waals surface area contributed by atoms with Gasteiger partial charge in [-0.1, -0.05) is 13.8 Å². The van der Waals surface area contributed by atoms with Gasteiger partial charge in [0.15, 0.2) is 0 Å². The molecule has 5 nitrogen and oxygen atoms in total. The van der Waals surface area contributed by atoms with Crippen LogP contribution in [0.2, 0.25) is 0 Å². The topological polar surface area (TPSA) is 31.8 Å². The molecule has 0 radical (unpaired) electrons. The van der Waals surface area contributed by atoms with Crippen LogP contribution in [0.4, 0.5) is 5.69 Å². The third-order valence-electron chi connectivity index (χ3n) is 5.11. The molecule has 3 heterocycles. The zero-order chi connectivity index (χ0) is 17.0. The maximum atomic E-state index is 5.47. The predicted molar refractivity (Wildman–Crippen MR) is 98.7 cm³/mol. The zero-order valence-corrected chi connectivity index (χ0v) is 15.5. The SMILES string of the molecule is Cc1cnccc1N1CCN(CC(C)(C)CN2CCOCC2)CC1. The molecule has 0 N–H and O–H groups in total. The van der Waals surface area contributed by atoms with E-state index < -0.39 is 0 Å². The molecule has 0 unspecified atom stereocenters. The van der Waals surface area contributed by atoms with Crippen molar-refractivity contribution in [3.63, 3.8) is 0 Å². The van der Waals surface area contributed by atoms with Gasteiger partial charge in [0.25, 0.3) is 0 Å². The molecule has 5 heteroatoms. The number of pyridine rings is 1. The second kappa shape index (κ2) is 7.81. The van der Waals surface area contributed by atoms with Crippen molar-refractivity contribution in [2.24, 2.45) is 5.41 Å². The van der Waals surface area contributed by atoms with Crippen molar-refractivity contribution in [3.8, 4) is 0 Å². The van der Waals surface area contributed by atoms with E-state index in [-0.39, 0.29) is 0 Å². The normalized spacial score (nSPS) is 21.2. The summed E-state index contributed by atoms with van der Waals surface area (Å²) in [6.07, 6.45) is 3.87. The lowest BCUT2D eigenvalue weighted by Gasteiger charge is -2.42. The monoisotopic (exact) mass is 332 g/mol. The van der Waals surface area contributed by atoms with Crippen LogP contribution in [0.15, 0.2) is 18.5 Å². The van der Waals surface area contributed by atoms with E-state index >= 15 is 0 Å². The van der Waals surface area contributed by atoms with Crippen LogP contribution in [-0.2, 0) is 4.74 Å². The number of aromatic nitrogens is 1. The number of anilines is 1. The Morgan fingerprint density at radius 1 is 1.00 bits per heavy atom. The Morgan fingerprint density at radius 2 is 1.62 bits per heavy atom. The quantitative estimate of drug-likeness (QED) is 0.822. The standard InChI is InChI=1S/C19H32N4O/c1-17-14-20-5-4-18(17)23-8-6-21(7-9-23)15-19(2,3)16-22-10-12-24-13-11-22/h4-5,14H,6-13,15-16H2,1-3H3. The van der Waals surface area contributed by atoms with Crippen molar-refractivity contribution in [2.45, 2.75) is 20.8 Å².